The second kappa shape index (κ2) is 5.57. The maximum atomic E-state index is 6.73. The van der Waals surface area contributed by atoms with Gasteiger partial charge in [-0.15, -0.1) is 11.1 Å². The molecule has 0 aromatic heterocycles. The van der Waals surface area contributed by atoms with Gasteiger partial charge in [0.15, 0.2) is 0 Å². The van der Waals surface area contributed by atoms with E-state index in [1.54, 1.807) is 0 Å². The van der Waals surface area contributed by atoms with Crippen molar-refractivity contribution in [3.63, 3.8) is 0 Å². The Bertz CT molecular complexity index is 425. The summed E-state index contributed by atoms with van der Waals surface area (Å²) in [6.07, 6.45) is 4.23. The first-order valence-electron chi connectivity index (χ1n) is 6.34. The Morgan fingerprint density at radius 2 is 2.06 bits per heavy atom. The number of likely N-dealkylation sites (N-methyl/N-ethyl adjacent to an activating group) is 1. The summed E-state index contributed by atoms with van der Waals surface area (Å²) in [5.41, 5.74) is 1.22. The monoisotopic (exact) mass is 281 g/mol. The number of allylic oxidation sites excluding steroid dienone is 2. The first-order chi connectivity index (χ1) is 8.58. The van der Waals surface area contributed by atoms with Gasteiger partial charge in [-0.1, -0.05) is 42.5 Å². The predicted octanol–water partition coefficient (Wildman–Crippen LogP) is 3.83. The van der Waals surface area contributed by atoms with Crippen LogP contribution in [0.2, 0.25) is 6.04 Å². The lowest BCUT2D eigenvalue weighted by Gasteiger charge is -2.25. The normalized spacial score (nSPS) is 33.3. The smallest absolute Gasteiger partial charge is 0.377 e. The van der Waals surface area contributed by atoms with Gasteiger partial charge in [-0.25, -0.2) is 0 Å². The first kappa shape index (κ1) is 13.8. The molecule has 1 unspecified atom stereocenters. The minimum Gasteiger partial charge on any atom is -0.383 e. The van der Waals surface area contributed by atoms with Crippen LogP contribution in [0.5, 0.6) is 0 Å². The molecule has 0 saturated carbocycles. The van der Waals surface area contributed by atoms with E-state index in [0.29, 0.717) is 6.04 Å². The zero-order valence-corrected chi connectivity index (χ0v) is 12.9. The molecule has 2 rings (SSSR count). The lowest BCUT2D eigenvalue weighted by Crippen LogP contribution is -2.44. The van der Waals surface area contributed by atoms with Crippen LogP contribution in [0.3, 0.4) is 0 Å². The fourth-order valence-corrected chi connectivity index (χ4v) is 5.89. The van der Waals surface area contributed by atoms with Crippen LogP contribution in [0.25, 0.3) is 0 Å². The third kappa shape index (κ3) is 2.54. The highest BCUT2D eigenvalue weighted by molar-refractivity contribution is 7.15. The van der Waals surface area contributed by atoms with Crippen LogP contribution in [0, 0.1) is 0 Å². The molecule has 0 bridgehead atoms. The zero-order chi connectivity index (χ0) is 13.2. The Morgan fingerprint density at radius 3 is 2.67 bits per heavy atom. The molecular weight excluding hydrogens is 262 g/mol. The molecule has 1 saturated heterocycles. The summed E-state index contributed by atoms with van der Waals surface area (Å²) >= 11 is 6.73. The van der Waals surface area contributed by atoms with Crippen molar-refractivity contribution >= 4 is 18.9 Å². The number of rotatable bonds is 3. The summed E-state index contributed by atoms with van der Waals surface area (Å²) < 4.78 is 8.48. The van der Waals surface area contributed by atoms with Crippen molar-refractivity contribution in [3.05, 3.63) is 48.0 Å². The van der Waals surface area contributed by atoms with Gasteiger partial charge in [0.1, 0.15) is 0 Å². The number of hydrogen-bond donors (Lipinski definition) is 0. The van der Waals surface area contributed by atoms with Crippen LogP contribution >= 0.6 is 11.1 Å². The van der Waals surface area contributed by atoms with E-state index >= 15 is 0 Å². The van der Waals surface area contributed by atoms with E-state index in [9.17, 15) is 0 Å². The summed E-state index contributed by atoms with van der Waals surface area (Å²) in [5.74, 6) is 0. The summed E-state index contributed by atoms with van der Waals surface area (Å²) in [5, 5.41) is 0. The molecular formula is C14H20ClNOSi. The lowest BCUT2D eigenvalue weighted by atomic mass is 10.0. The zero-order valence-electron chi connectivity index (χ0n) is 11.1. The molecule has 1 heterocycles. The number of nitrogens with zero attached hydrogens (tertiary/aromatic N) is 1. The molecule has 3 atom stereocenters. The summed E-state index contributed by atoms with van der Waals surface area (Å²) in [4.78, 5) is 0. The Labute approximate surface area is 115 Å². The molecule has 0 radical (unpaired) electrons. The largest absolute Gasteiger partial charge is 0.383 e. The molecule has 2 nitrogen and oxygen atoms in total. The van der Waals surface area contributed by atoms with Gasteiger partial charge in [-0.3, -0.25) is 4.57 Å². The standard InChI is InChI=1S/C14H20ClNOSi/c1-4-5-11-18(15)16(3)12(2)14(17-18)13-9-7-6-8-10-13/h4-10,12,14H,11H2,1-3H3/b5-4-/t12-,14+,18?/m0/s1. The minimum atomic E-state index is -2.30. The van der Waals surface area contributed by atoms with E-state index in [-0.39, 0.29) is 6.10 Å². The molecule has 0 amide bonds. The summed E-state index contributed by atoms with van der Waals surface area (Å²) in [6, 6.07) is 11.5. The van der Waals surface area contributed by atoms with Gasteiger partial charge in [0, 0.05) is 12.1 Å². The number of benzene rings is 1. The van der Waals surface area contributed by atoms with Gasteiger partial charge in [0.25, 0.3) is 0 Å². The number of halogens is 1. The molecule has 1 aromatic rings. The molecule has 98 valence electrons. The van der Waals surface area contributed by atoms with Crippen LogP contribution in [0.15, 0.2) is 42.5 Å². The molecule has 1 fully saturated rings. The van der Waals surface area contributed by atoms with Crippen molar-refractivity contribution in [1.29, 1.82) is 0 Å². The Hall–Kier alpha value is -0.613. The molecule has 1 aromatic carbocycles. The van der Waals surface area contributed by atoms with Gasteiger partial charge in [0.05, 0.1) is 6.10 Å². The van der Waals surface area contributed by atoms with Crippen LogP contribution in [0.4, 0.5) is 0 Å². The molecule has 0 spiro atoms. The highest BCUT2D eigenvalue weighted by Crippen LogP contribution is 2.41. The summed E-state index contributed by atoms with van der Waals surface area (Å²) in [6.45, 7) is 4.20. The SMILES string of the molecule is C/C=C\C[Si]1(Cl)O[C@@H](c2ccccc2)[C@H](C)N1C. The van der Waals surface area contributed by atoms with Crippen molar-refractivity contribution in [2.45, 2.75) is 32.0 Å². The van der Waals surface area contributed by atoms with Crippen LogP contribution < -0.4 is 0 Å². The number of hydrogen-bond acceptors (Lipinski definition) is 2. The van der Waals surface area contributed by atoms with Gasteiger partial charge in [-0.2, -0.15) is 0 Å². The van der Waals surface area contributed by atoms with E-state index in [1.807, 2.05) is 31.2 Å². The van der Waals surface area contributed by atoms with E-state index in [0.717, 1.165) is 6.04 Å². The Kier molecular flexibility index (Phi) is 4.28. The van der Waals surface area contributed by atoms with Crippen molar-refractivity contribution in [2.75, 3.05) is 7.05 Å². The quantitative estimate of drug-likeness (QED) is 0.474. The fraction of sp³-hybridized carbons (Fsp3) is 0.429. The van der Waals surface area contributed by atoms with E-state index in [2.05, 4.69) is 36.7 Å². The van der Waals surface area contributed by atoms with Crippen molar-refractivity contribution in [2.24, 2.45) is 0 Å². The van der Waals surface area contributed by atoms with Gasteiger partial charge < -0.3 is 4.43 Å². The lowest BCUT2D eigenvalue weighted by molar-refractivity contribution is 0.207. The van der Waals surface area contributed by atoms with Crippen molar-refractivity contribution < 1.29 is 4.43 Å². The molecule has 1 aliphatic rings. The Morgan fingerprint density at radius 1 is 1.39 bits per heavy atom. The third-order valence-electron chi connectivity index (χ3n) is 3.62. The van der Waals surface area contributed by atoms with Crippen LogP contribution in [-0.4, -0.2) is 25.4 Å². The van der Waals surface area contributed by atoms with Crippen molar-refractivity contribution in [3.8, 4) is 0 Å². The third-order valence-corrected chi connectivity index (χ3v) is 7.96. The van der Waals surface area contributed by atoms with Crippen LogP contribution in [-0.2, 0) is 4.43 Å². The average Bonchev–Trinajstić information content (AvgIpc) is 2.63. The summed E-state index contributed by atoms with van der Waals surface area (Å²) in [7, 11) is -0.221. The molecule has 18 heavy (non-hydrogen) atoms. The van der Waals surface area contributed by atoms with Gasteiger partial charge >= 0.3 is 7.79 Å². The fourth-order valence-electron chi connectivity index (χ4n) is 2.33. The second-order valence-electron chi connectivity index (χ2n) is 4.76. The topological polar surface area (TPSA) is 12.5 Å². The maximum Gasteiger partial charge on any atom is 0.377 e. The van der Waals surface area contributed by atoms with Gasteiger partial charge in [0.2, 0.25) is 0 Å². The minimum absolute atomic E-state index is 0.0885. The molecule has 0 N–H and O–H groups in total. The highest BCUT2D eigenvalue weighted by Gasteiger charge is 2.51. The molecule has 1 aliphatic heterocycles. The van der Waals surface area contributed by atoms with E-state index in [1.165, 1.54) is 5.56 Å². The molecule has 4 heteroatoms. The maximum absolute atomic E-state index is 6.73. The van der Waals surface area contributed by atoms with Crippen LogP contribution in [0.1, 0.15) is 25.5 Å². The average molecular weight is 282 g/mol. The predicted molar refractivity (Wildman–Crippen MR) is 78.7 cm³/mol. The van der Waals surface area contributed by atoms with E-state index in [4.69, 9.17) is 15.5 Å². The molecule has 0 aliphatic carbocycles. The second-order valence-corrected chi connectivity index (χ2v) is 9.26. The highest BCUT2D eigenvalue weighted by atomic mass is 35.6. The Balaban J connectivity index is 2.22. The first-order valence-corrected chi connectivity index (χ1v) is 9.41. The van der Waals surface area contributed by atoms with Crippen molar-refractivity contribution in [1.82, 2.24) is 4.57 Å². The van der Waals surface area contributed by atoms with Gasteiger partial charge in [-0.05, 0) is 26.5 Å². The van der Waals surface area contributed by atoms with E-state index < -0.39 is 7.79 Å².